The molecule has 48 heavy (non-hydrogen) atoms. The molecule has 1 aliphatic heterocycles. The molecular weight excluding hydrogens is 687 g/mol. The van der Waals surface area contributed by atoms with E-state index in [2.05, 4.69) is 94.5 Å². The average Bonchev–Trinajstić information content (AvgIpc) is 3.72. The van der Waals surface area contributed by atoms with Crippen LogP contribution in [0, 0.1) is 12.1 Å². The predicted octanol–water partition coefficient (Wildman–Crippen LogP) is 9.95. The number of rotatable bonds is 3. The molecule has 0 fully saturated rings. The van der Waals surface area contributed by atoms with Crippen LogP contribution in [0.15, 0.2) is 122 Å². The molecule has 4 aromatic heterocycles. The monoisotopic (exact) mass is 712 g/mol. The van der Waals surface area contributed by atoms with Crippen molar-refractivity contribution in [1.82, 2.24) is 18.9 Å². The topological polar surface area (TPSA) is 53.6 Å². The molecule has 0 spiro atoms. The predicted molar refractivity (Wildman–Crippen MR) is 185 cm³/mol. The zero-order valence-electron chi connectivity index (χ0n) is 26.0. The van der Waals surface area contributed by atoms with Crippen LogP contribution in [0.2, 0.25) is 0 Å². The Hall–Kier alpha value is -5.48. The average molecular weight is 713 g/mol. The minimum atomic E-state index is -0.287. The standard InChI is InChI=1S/C41H26N4O2.Pd/c1-41(2)32-13-4-6-15-35(32)47-36-19-18-34-37(38(36)41)30-12-8-20-42-40(30)45(34)25-9-7-10-26(23-25)46-27-16-17-28-29-11-3-5-14-33(29)44-22-21-43-39(44)31(28)24-27;/h3-22H,1-2H3;/q-2;+2. The Morgan fingerprint density at radius 3 is 2.42 bits per heavy atom. The molecule has 232 valence electrons. The number of fused-ring (bicyclic) bond motifs is 12. The van der Waals surface area contributed by atoms with Crippen molar-refractivity contribution in [3.63, 3.8) is 0 Å². The van der Waals surface area contributed by atoms with Crippen molar-refractivity contribution < 1.29 is 29.9 Å². The summed E-state index contributed by atoms with van der Waals surface area (Å²) in [4.78, 5) is 9.53. The van der Waals surface area contributed by atoms with Crippen LogP contribution in [0.5, 0.6) is 23.0 Å². The molecule has 0 N–H and O–H groups in total. The fourth-order valence-electron chi connectivity index (χ4n) is 7.46. The summed E-state index contributed by atoms with van der Waals surface area (Å²) < 4.78 is 17.2. The summed E-state index contributed by atoms with van der Waals surface area (Å²) in [5.41, 5.74) is 6.70. The Morgan fingerprint density at radius 1 is 0.667 bits per heavy atom. The first-order valence-electron chi connectivity index (χ1n) is 15.7. The molecule has 9 aromatic rings. The van der Waals surface area contributed by atoms with E-state index in [1.165, 1.54) is 5.56 Å². The van der Waals surface area contributed by atoms with Crippen LogP contribution in [-0.4, -0.2) is 18.9 Å². The van der Waals surface area contributed by atoms with E-state index in [1.54, 1.807) is 0 Å². The largest absolute Gasteiger partial charge is 2.00 e. The Bertz CT molecular complexity index is 2740. The molecule has 0 atom stereocenters. The number of pyridine rings is 2. The minimum absolute atomic E-state index is 0. The zero-order valence-corrected chi connectivity index (χ0v) is 27.5. The first-order valence-corrected chi connectivity index (χ1v) is 15.7. The first-order chi connectivity index (χ1) is 23.1. The maximum absolute atomic E-state index is 6.48. The molecule has 5 aromatic carbocycles. The van der Waals surface area contributed by atoms with Crippen LogP contribution >= 0.6 is 0 Å². The van der Waals surface area contributed by atoms with Crippen molar-refractivity contribution in [2.24, 2.45) is 0 Å². The van der Waals surface area contributed by atoms with Crippen LogP contribution in [0.3, 0.4) is 0 Å². The Balaban J connectivity index is 0.00000314. The van der Waals surface area contributed by atoms with Crippen LogP contribution in [0.1, 0.15) is 25.0 Å². The molecule has 0 amide bonds. The van der Waals surface area contributed by atoms with Crippen molar-refractivity contribution in [1.29, 1.82) is 0 Å². The van der Waals surface area contributed by atoms with E-state index < -0.39 is 0 Å². The number of hydrogen-bond acceptors (Lipinski definition) is 4. The molecule has 1 aliphatic rings. The smallest absolute Gasteiger partial charge is 0.503 e. The van der Waals surface area contributed by atoms with Gasteiger partial charge in [0.15, 0.2) is 0 Å². The van der Waals surface area contributed by atoms with Gasteiger partial charge in [-0.15, -0.1) is 30.3 Å². The number of hydrogen-bond donors (Lipinski definition) is 0. The number of aromatic nitrogens is 4. The van der Waals surface area contributed by atoms with Gasteiger partial charge in [-0.05, 0) is 41.8 Å². The molecule has 7 heteroatoms. The minimum Gasteiger partial charge on any atom is -0.503 e. The second kappa shape index (κ2) is 10.5. The van der Waals surface area contributed by atoms with Gasteiger partial charge in [-0.1, -0.05) is 72.8 Å². The third-order valence-electron chi connectivity index (χ3n) is 9.51. The summed E-state index contributed by atoms with van der Waals surface area (Å²) in [5.74, 6) is 2.95. The Labute approximate surface area is 289 Å². The van der Waals surface area contributed by atoms with Crippen molar-refractivity contribution in [2.45, 2.75) is 19.3 Å². The van der Waals surface area contributed by atoms with Gasteiger partial charge in [-0.3, -0.25) is 4.98 Å². The molecule has 0 saturated heterocycles. The van der Waals surface area contributed by atoms with E-state index in [0.29, 0.717) is 11.5 Å². The van der Waals surface area contributed by atoms with Gasteiger partial charge < -0.3 is 18.4 Å². The zero-order chi connectivity index (χ0) is 31.3. The van der Waals surface area contributed by atoms with Crippen molar-refractivity contribution >= 4 is 49.3 Å². The Kier molecular flexibility index (Phi) is 6.29. The third-order valence-corrected chi connectivity index (χ3v) is 9.51. The maximum Gasteiger partial charge on any atom is 2.00 e. The summed E-state index contributed by atoms with van der Waals surface area (Å²) in [6, 6.07) is 42.0. The van der Waals surface area contributed by atoms with E-state index in [-0.39, 0.29) is 25.8 Å². The third kappa shape index (κ3) is 4.02. The first kappa shape index (κ1) is 28.7. The molecule has 10 rings (SSSR count). The number of para-hydroxylation sites is 2. The number of benzene rings is 5. The number of imidazole rings is 1. The van der Waals surface area contributed by atoms with Crippen LogP contribution in [0.4, 0.5) is 0 Å². The van der Waals surface area contributed by atoms with Crippen molar-refractivity contribution in [3.05, 3.63) is 145 Å². The van der Waals surface area contributed by atoms with Gasteiger partial charge in [0, 0.05) is 62.9 Å². The summed E-state index contributed by atoms with van der Waals surface area (Å²) in [6.45, 7) is 4.54. The molecule has 0 saturated carbocycles. The summed E-state index contributed by atoms with van der Waals surface area (Å²) in [7, 11) is 0. The van der Waals surface area contributed by atoms with E-state index in [1.807, 2.05) is 67.1 Å². The van der Waals surface area contributed by atoms with Gasteiger partial charge >= 0.3 is 20.4 Å². The van der Waals surface area contributed by atoms with Gasteiger partial charge in [0.05, 0.1) is 11.2 Å². The molecule has 0 unspecified atom stereocenters. The second-order valence-corrected chi connectivity index (χ2v) is 12.5. The normalized spacial score (nSPS) is 13.4. The van der Waals surface area contributed by atoms with Gasteiger partial charge in [0.25, 0.3) is 0 Å². The van der Waals surface area contributed by atoms with Gasteiger partial charge in [0.2, 0.25) is 0 Å². The molecule has 0 bridgehead atoms. The molecule has 0 aliphatic carbocycles. The molecule has 6 nitrogen and oxygen atoms in total. The number of nitrogens with zero attached hydrogens (tertiary/aromatic N) is 4. The molecule has 5 heterocycles. The van der Waals surface area contributed by atoms with Gasteiger partial charge in [-0.2, -0.15) is 6.07 Å². The molecular formula is C41H26N4O2Pd. The molecule has 0 radical (unpaired) electrons. The van der Waals surface area contributed by atoms with Crippen LogP contribution in [0.25, 0.3) is 54.9 Å². The van der Waals surface area contributed by atoms with Gasteiger partial charge in [0.1, 0.15) is 17.1 Å². The fraction of sp³-hybridized carbons (Fsp3) is 0.0732. The van der Waals surface area contributed by atoms with Gasteiger partial charge in [-0.25, -0.2) is 4.98 Å². The number of ether oxygens (including phenoxy) is 2. The SMILES string of the molecule is CC1(C)c2ccccc2Oc2ccc3c(c21)c1cccnc1n3-c1[c-]c(Oc2[c-]c3c(cc2)c2ccccc2n2ccnc32)ccc1.[Pd+2]. The second-order valence-electron chi connectivity index (χ2n) is 12.5. The Morgan fingerprint density at radius 2 is 1.48 bits per heavy atom. The summed E-state index contributed by atoms with van der Waals surface area (Å²) >= 11 is 0. The van der Waals surface area contributed by atoms with E-state index in [4.69, 9.17) is 14.5 Å². The fourth-order valence-corrected chi connectivity index (χ4v) is 7.46. The van der Waals surface area contributed by atoms with Crippen molar-refractivity contribution in [2.75, 3.05) is 0 Å². The van der Waals surface area contributed by atoms with E-state index >= 15 is 0 Å². The van der Waals surface area contributed by atoms with Crippen LogP contribution in [-0.2, 0) is 25.8 Å². The quantitative estimate of drug-likeness (QED) is 0.104. The van der Waals surface area contributed by atoms with E-state index in [0.717, 1.165) is 72.0 Å². The van der Waals surface area contributed by atoms with Crippen molar-refractivity contribution in [3.8, 4) is 28.7 Å². The van der Waals surface area contributed by atoms with E-state index in [9.17, 15) is 0 Å². The summed E-state index contributed by atoms with van der Waals surface area (Å²) in [5, 5.41) is 5.32. The maximum atomic E-state index is 6.48. The summed E-state index contributed by atoms with van der Waals surface area (Å²) in [6.07, 6.45) is 5.65. The van der Waals surface area contributed by atoms with Crippen LogP contribution < -0.4 is 9.47 Å².